The zero-order valence-corrected chi connectivity index (χ0v) is 6.69. The van der Waals surface area contributed by atoms with Crippen LogP contribution in [0.25, 0.3) is 0 Å². The summed E-state index contributed by atoms with van der Waals surface area (Å²) < 4.78 is 0.727. The lowest BCUT2D eigenvalue weighted by Crippen LogP contribution is -2.16. The van der Waals surface area contributed by atoms with Crippen LogP contribution in [-0.2, 0) is 0 Å². The topological polar surface area (TPSA) is 61.9 Å². The highest BCUT2D eigenvalue weighted by atomic mass is 127. The van der Waals surface area contributed by atoms with Crippen molar-refractivity contribution in [1.82, 2.24) is 5.32 Å². The summed E-state index contributed by atoms with van der Waals surface area (Å²) in [4.78, 5) is 0. The van der Waals surface area contributed by atoms with Gasteiger partial charge >= 0.3 is 0 Å². The standard InChI is InChI=1S/C4H8IN3/c1-8-4(7)3(5)2-6/h2,6,8H,7H2,1H3/b4-3+,6-2?. The number of nitrogens with one attached hydrogen (secondary N) is 2. The number of hydrogen-bond donors (Lipinski definition) is 3. The van der Waals surface area contributed by atoms with Gasteiger partial charge < -0.3 is 16.5 Å². The predicted octanol–water partition coefficient (Wildman–Crippen LogP) is 0.418. The van der Waals surface area contributed by atoms with E-state index in [4.69, 9.17) is 11.1 Å². The van der Waals surface area contributed by atoms with Crippen molar-refractivity contribution >= 4 is 28.8 Å². The molecule has 0 rings (SSSR count). The molecule has 0 aromatic carbocycles. The van der Waals surface area contributed by atoms with Gasteiger partial charge in [0.15, 0.2) is 0 Å². The molecule has 3 nitrogen and oxygen atoms in total. The van der Waals surface area contributed by atoms with Crippen LogP contribution in [0.2, 0.25) is 0 Å². The Morgan fingerprint density at radius 1 is 1.88 bits per heavy atom. The largest absolute Gasteiger partial charge is 0.385 e. The molecule has 8 heavy (non-hydrogen) atoms. The molecule has 4 heteroatoms. The Bertz CT molecular complexity index is 118. The third kappa shape index (κ3) is 2.15. The van der Waals surface area contributed by atoms with Gasteiger partial charge in [-0.3, -0.25) is 0 Å². The van der Waals surface area contributed by atoms with Crippen LogP contribution in [0.5, 0.6) is 0 Å². The van der Waals surface area contributed by atoms with Crippen molar-refractivity contribution in [3.63, 3.8) is 0 Å². The molecule has 0 heterocycles. The first kappa shape index (κ1) is 7.74. The molecule has 0 fully saturated rings. The molecular weight excluding hydrogens is 217 g/mol. The van der Waals surface area contributed by atoms with E-state index in [1.165, 1.54) is 6.21 Å². The predicted molar refractivity (Wildman–Crippen MR) is 43.1 cm³/mol. The van der Waals surface area contributed by atoms with Gasteiger partial charge in [-0.15, -0.1) is 0 Å². The summed E-state index contributed by atoms with van der Waals surface area (Å²) in [7, 11) is 1.72. The van der Waals surface area contributed by atoms with E-state index in [1.54, 1.807) is 7.05 Å². The smallest absolute Gasteiger partial charge is 0.111 e. The van der Waals surface area contributed by atoms with E-state index in [1.807, 2.05) is 22.6 Å². The molecule has 0 aromatic rings. The Labute approximate surface area is 62.0 Å². The van der Waals surface area contributed by atoms with Gasteiger partial charge in [-0.1, -0.05) is 0 Å². The quantitative estimate of drug-likeness (QED) is 0.471. The highest BCUT2D eigenvalue weighted by Crippen LogP contribution is 2.01. The first-order chi connectivity index (χ1) is 3.72. The third-order valence-electron chi connectivity index (χ3n) is 0.653. The van der Waals surface area contributed by atoms with E-state index in [0.717, 1.165) is 3.58 Å². The minimum atomic E-state index is 0.542. The average Bonchev–Trinajstić information content (AvgIpc) is 1.84. The molecule has 0 saturated heterocycles. The van der Waals surface area contributed by atoms with Crippen molar-refractivity contribution in [2.45, 2.75) is 0 Å². The maximum atomic E-state index is 6.73. The van der Waals surface area contributed by atoms with Gasteiger partial charge in [-0.2, -0.15) is 0 Å². The molecule has 4 N–H and O–H groups in total. The second-order valence-electron chi connectivity index (χ2n) is 1.16. The average molecular weight is 225 g/mol. The van der Waals surface area contributed by atoms with E-state index in [0.29, 0.717) is 5.82 Å². The SMILES string of the molecule is CN/C(N)=C(/I)C=N. The van der Waals surface area contributed by atoms with Gasteiger partial charge in [0.1, 0.15) is 5.82 Å². The highest BCUT2D eigenvalue weighted by molar-refractivity contribution is 14.1. The van der Waals surface area contributed by atoms with Crippen molar-refractivity contribution in [3.8, 4) is 0 Å². The van der Waals surface area contributed by atoms with Crippen LogP contribution in [0.1, 0.15) is 0 Å². The molecular formula is C4H8IN3. The molecule has 0 saturated carbocycles. The van der Waals surface area contributed by atoms with E-state index in [2.05, 4.69) is 5.32 Å². The van der Waals surface area contributed by atoms with Crippen LogP contribution < -0.4 is 11.1 Å². The molecule has 0 aliphatic heterocycles. The van der Waals surface area contributed by atoms with Gasteiger partial charge in [0.25, 0.3) is 0 Å². The molecule has 0 unspecified atom stereocenters. The normalized spacial score (nSPS) is 12.2. The van der Waals surface area contributed by atoms with Crippen LogP contribution in [0.3, 0.4) is 0 Å². The van der Waals surface area contributed by atoms with Crippen LogP contribution in [0, 0.1) is 5.41 Å². The van der Waals surface area contributed by atoms with Crippen molar-refractivity contribution in [2.24, 2.45) is 5.73 Å². The maximum Gasteiger partial charge on any atom is 0.111 e. The van der Waals surface area contributed by atoms with Crippen molar-refractivity contribution in [1.29, 1.82) is 5.41 Å². The number of rotatable bonds is 2. The lowest BCUT2D eigenvalue weighted by atomic mass is 10.6. The Morgan fingerprint density at radius 2 is 2.38 bits per heavy atom. The van der Waals surface area contributed by atoms with Crippen LogP contribution >= 0.6 is 22.6 Å². The molecule has 0 radical (unpaired) electrons. The summed E-state index contributed by atoms with van der Waals surface area (Å²) in [6.45, 7) is 0. The molecule has 0 aromatic heterocycles. The molecule has 0 atom stereocenters. The summed E-state index contributed by atoms with van der Waals surface area (Å²) in [5, 5.41) is 9.45. The Hall–Kier alpha value is -0.260. The fraction of sp³-hybridized carbons (Fsp3) is 0.250. The molecule has 0 spiro atoms. The van der Waals surface area contributed by atoms with E-state index < -0.39 is 0 Å². The Kier molecular flexibility index (Phi) is 3.59. The molecule has 46 valence electrons. The number of hydrogen-bond acceptors (Lipinski definition) is 3. The molecule has 0 amide bonds. The summed E-state index contributed by atoms with van der Waals surface area (Å²) in [6, 6.07) is 0. The van der Waals surface area contributed by atoms with E-state index in [9.17, 15) is 0 Å². The summed E-state index contributed by atoms with van der Waals surface area (Å²) in [5.41, 5.74) is 5.34. The van der Waals surface area contributed by atoms with Crippen LogP contribution in [0.4, 0.5) is 0 Å². The van der Waals surface area contributed by atoms with E-state index in [-0.39, 0.29) is 0 Å². The first-order valence-electron chi connectivity index (χ1n) is 2.06. The van der Waals surface area contributed by atoms with Gasteiger partial charge in [0.05, 0.1) is 3.58 Å². The zero-order valence-electron chi connectivity index (χ0n) is 4.53. The van der Waals surface area contributed by atoms with Crippen molar-refractivity contribution < 1.29 is 0 Å². The number of allylic oxidation sites excluding steroid dienone is 1. The Balaban J connectivity index is 4.03. The zero-order chi connectivity index (χ0) is 6.57. The minimum Gasteiger partial charge on any atom is -0.385 e. The minimum absolute atomic E-state index is 0.542. The summed E-state index contributed by atoms with van der Waals surface area (Å²) >= 11 is 1.98. The second kappa shape index (κ2) is 3.71. The van der Waals surface area contributed by atoms with Crippen molar-refractivity contribution in [2.75, 3.05) is 7.05 Å². The lowest BCUT2D eigenvalue weighted by Gasteiger charge is -1.97. The Morgan fingerprint density at radius 3 is 2.50 bits per heavy atom. The van der Waals surface area contributed by atoms with Crippen LogP contribution in [0.15, 0.2) is 9.40 Å². The van der Waals surface area contributed by atoms with Gasteiger partial charge in [0, 0.05) is 13.3 Å². The first-order valence-corrected chi connectivity index (χ1v) is 3.13. The highest BCUT2D eigenvalue weighted by Gasteiger charge is 1.88. The van der Waals surface area contributed by atoms with Crippen molar-refractivity contribution in [3.05, 3.63) is 9.40 Å². The second-order valence-corrected chi connectivity index (χ2v) is 2.32. The molecule has 0 bridgehead atoms. The fourth-order valence-electron chi connectivity index (χ4n) is 0.197. The molecule has 0 aliphatic rings. The number of halogens is 1. The van der Waals surface area contributed by atoms with Gasteiger partial charge in [-0.25, -0.2) is 0 Å². The third-order valence-corrected chi connectivity index (χ3v) is 1.55. The fourth-order valence-corrected chi connectivity index (χ4v) is 0.467. The number of nitrogens with two attached hydrogens (primary N) is 1. The summed E-state index contributed by atoms with van der Waals surface area (Å²) in [5.74, 6) is 0.542. The monoisotopic (exact) mass is 225 g/mol. The summed E-state index contributed by atoms with van der Waals surface area (Å²) in [6.07, 6.45) is 1.20. The molecule has 0 aliphatic carbocycles. The maximum absolute atomic E-state index is 6.73. The van der Waals surface area contributed by atoms with Gasteiger partial charge in [0.2, 0.25) is 0 Å². The lowest BCUT2D eigenvalue weighted by molar-refractivity contribution is 0.967. The van der Waals surface area contributed by atoms with E-state index >= 15 is 0 Å². The van der Waals surface area contributed by atoms with Crippen LogP contribution in [-0.4, -0.2) is 13.3 Å². The van der Waals surface area contributed by atoms with Gasteiger partial charge in [-0.05, 0) is 22.6 Å².